The number of aromatic nitrogens is 3. The molecule has 0 aliphatic carbocycles. The number of anilines is 1. The Morgan fingerprint density at radius 2 is 1.93 bits per heavy atom. The summed E-state index contributed by atoms with van der Waals surface area (Å²) in [7, 11) is 1.78. The Morgan fingerprint density at radius 3 is 2.63 bits per heavy atom. The summed E-state index contributed by atoms with van der Waals surface area (Å²) in [4.78, 5) is 19.8. The van der Waals surface area contributed by atoms with Crippen LogP contribution in [-0.2, 0) is 13.6 Å². The van der Waals surface area contributed by atoms with Crippen LogP contribution in [0.15, 0.2) is 54.7 Å². The molecule has 6 heteroatoms. The van der Waals surface area contributed by atoms with Crippen LogP contribution in [0.4, 0.5) is 5.13 Å². The summed E-state index contributed by atoms with van der Waals surface area (Å²) >= 11 is 1.56. The molecule has 2 heterocycles. The first-order chi connectivity index (χ1) is 13.0. The molecule has 0 aliphatic rings. The molecule has 0 saturated carbocycles. The molecule has 0 N–H and O–H groups in total. The Kier molecular flexibility index (Phi) is 4.49. The zero-order valence-electron chi connectivity index (χ0n) is 15.5. The maximum atomic E-state index is 13.3. The number of nitrogens with zero attached hydrogens (tertiary/aromatic N) is 4. The highest BCUT2D eigenvalue weighted by Crippen LogP contribution is 2.33. The maximum Gasteiger partial charge on any atom is 0.278 e. The number of hydrogen-bond donors (Lipinski definition) is 0. The Morgan fingerprint density at radius 1 is 1.15 bits per heavy atom. The van der Waals surface area contributed by atoms with Crippen LogP contribution in [0, 0.1) is 13.8 Å². The molecule has 0 spiro atoms. The molecule has 0 radical (unpaired) electrons. The summed E-state index contributed by atoms with van der Waals surface area (Å²) in [6, 6.07) is 15.9. The van der Waals surface area contributed by atoms with Crippen molar-refractivity contribution in [2.24, 2.45) is 7.05 Å². The fraction of sp³-hybridized carbons (Fsp3) is 0.190. The third kappa shape index (κ3) is 3.36. The van der Waals surface area contributed by atoms with Crippen molar-refractivity contribution in [3.05, 3.63) is 77.1 Å². The number of carbonyl (C=O) groups excluding carboxylic acids is 1. The number of amides is 1. The second kappa shape index (κ2) is 6.96. The van der Waals surface area contributed by atoms with Gasteiger partial charge in [-0.25, -0.2) is 4.98 Å². The number of benzene rings is 2. The predicted molar refractivity (Wildman–Crippen MR) is 109 cm³/mol. The van der Waals surface area contributed by atoms with Gasteiger partial charge in [0.15, 0.2) is 5.13 Å². The molecule has 5 nitrogen and oxygen atoms in total. The molecule has 136 valence electrons. The van der Waals surface area contributed by atoms with Crippen LogP contribution < -0.4 is 4.90 Å². The largest absolute Gasteiger partial charge is 0.278 e. The molecule has 0 bridgehead atoms. The van der Waals surface area contributed by atoms with Crippen molar-refractivity contribution in [1.82, 2.24) is 14.8 Å². The van der Waals surface area contributed by atoms with Gasteiger partial charge in [-0.05, 0) is 42.7 Å². The van der Waals surface area contributed by atoms with Crippen molar-refractivity contribution in [3.63, 3.8) is 0 Å². The summed E-state index contributed by atoms with van der Waals surface area (Å²) in [6.07, 6.45) is 1.64. The van der Waals surface area contributed by atoms with E-state index < -0.39 is 0 Å². The standard InChI is InChI=1S/C21H20N4OS/c1-14-11-15(2)19-17(12-14)23-21(27-19)25(13-16-7-5-4-6-8-16)20(26)18-9-10-22-24(18)3/h4-12H,13H2,1-3H3. The zero-order chi connectivity index (χ0) is 19.0. The molecular weight excluding hydrogens is 356 g/mol. The van der Waals surface area contributed by atoms with Gasteiger partial charge in [-0.3, -0.25) is 14.4 Å². The van der Waals surface area contributed by atoms with Crippen LogP contribution in [0.2, 0.25) is 0 Å². The van der Waals surface area contributed by atoms with Gasteiger partial charge in [-0.1, -0.05) is 47.7 Å². The van der Waals surface area contributed by atoms with E-state index in [0.717, 1.165) is 15.8 Å². The van der Waals surface area contributed by atoms with E-state index in [-0.39, 0.29) is 5.91 Å². The Hall–Kier alpha value is -2.99. The number of fused-ring (bicyclic) bond motifs is 1. The normalized spacial score (nSPS) is 11.1. The predicted octanol–water partition coefficient (Wildman–Crippen LogP) is 4.49. The maximum absolute atomic E-state index is 13.3. The van der Waals surface area contributed by atoms with Crippen LogP contribution >= 0.6 is 11.3 Å². The van der Waals surface area contributed by atoms with Gasteiger partial charge < -0.3 is 0 Å². The molecule has 1 amide bonds. The molecule has 2 aromatic carbocycles. The van der Waals surface area contributed by atoms with Crippen molar-refractivity contribution in [3.8, 4) is 0 Å². The average molecular weight is 376 g/mol. The van der Waals surface area contributed by atoms with Gasteiger partial charge >= 0.3 is 0 Å². The van der Waals surface area contributed by atoms with E-state index in [1.165, 1.54) is 11.1 Å². The Balaban J connectivity index is 1.81. The lowest BCUT2D eigenvalue weighted by Crippen LogP contribution is -2.31. The number of rotatable bonds is 4. The molecule has 2 aromatic heterocycles. The minimum atomic E-state index is -0.104. The smallest absolute Gasteiger partial charge is 0.278 e. The first kappa shape index (κ1) is 17.4. The SMILES string of the molecule is Cc1cc(C)c2sc(N(Cc3ccccc3)C(=O)c3ccnn3C)nc2c1. The van der Waals surface area contributed by atoms with Crippen molar-refractivity contribution in [2.45, 2.75) is 20.4 Å². The molecule has 0 saturated heterocycles. The van der Waals surface area contributed by atoms with Crippen molar-refractivity contribution in [2.75, 3.05) is 4.90 Å². The van der Waals surface area contributed by atoms with Gasteiger partial charge in [0.1, 0.15) is 5.69 Å². The monoisotopic (exact) mass is 376 g/mol. The minimum absolute atomic E-state index is 0.104. The van der Waals surface area contributed by atoms with Gasteiger partial charge in [-0.2, -0.15) is 5.10 Å². The van der Waals surface area contributed by atoms with E-state index in [4.69, 9.17) is 4.98 Å². The van der Waals surface area contributed by atoms with Gasteiger partial charge in [0.2, 0.25) is 0 Å². The first-order valence-corrected chi connectivity index (χ1v) is 9.56. The third-order valence-electron chi connectivity index (χ3n) is 4.51. The number of carbonyl (C=O) groups is 1. The summed E-state index contributed by atoms with van der Waals surface area (Å²) in [5.74, 6) is -0.104. The molecule has 0 fully saturated rings. The lowest BCUT2D eigenvalue weighted by molar-refractivity contribution is 0.0976. The zero-order valence-corrected chi connectivity index (χ0v) is 16.3. The molecule has 4 rings (SSSR count). The fourth-order valence-electron chi connectivity index (χ4n) is 3.19. The minimum Gasteiger partial charge on any atom is -0.278 e. The second-order valence-corrected chi connectivity index (χ2v) is 7.62. The van der Waals surface area contributed by atoms with E-state index in [1.807, 2.05) is 30.3 Å². The van der Waals surface area contributed by atoms with E-state index in [1.54, 1.807) is 40.2 Å². The summed E-state index contributed by atoms with van der Waals surface area (Å²) in [5, 5.41) is 4.84. The fourth-order valence-corrected chi connectivity index (χ4v) is 4.21. The van der Waals surface area contributed by atoms with Crippen LogP contribution in [0.5, 0.6) is 0 Å². The van der Waals surface area contributed by atoms with Gasteiger partial charge in [0.05, 0.1) is 16.8 Å². The van der Waals surface area contributed by atoms with Crippen molar-refractivity contribution >= 4 is 32.6 Å². The van der Waals surface area contributed by atoms with Crippen LogP contribution in [0.3, 0.4) is 0 Å². The molecule has 0 atom stereocenters. The van der Waals surface area contributed by atoms with Crippen LogP contribution in [0.25, 0.3) is 10.2 Å². The van der Waals surface area contributed by atoms with Gasteiger partial charge in [0, 0.05) is 13.2 Å². The van der Waals surface area contributed by atoms with Gasteiger partial charge in [-0.15, -0.1) is 0 Å². The molecule has 0 unspecified atom stereocenters. The van der Waals surface area contributed by atoms with Crippen LogP contribution in [0.1, 0.15) is 27.2 Å². The molecular formula is C21H20N4OS. The molecule has 0 aliphatic heterocycles. The summed E-state index contributed by atoms with van der Waals surface area (Å²) in [6.45, 7) is 4.61. The summed E-state index contributed by atoms with van der Waals surface area (Å²) in [5.41, 5.74) is 4.88. The van der Waals surface area contributed by atoms with E-state index in [2.05, 4.69) is 31.1 Å². The molecule has 27 heavy (non-hydrogen) atoms. The lowest BCUT2D eigenvalue weighted by atomic mass is 10.1. The molecule has 4 aromatic rings. The third-order valence-corrected chi connectivity index (χ3v) is 5.74. The van der Waals surface area contributed by atoms with E-state index >= 15 is 0 Å². The van der Waals surface area contributed by atoms with Crippen molar-refractivity contribution in [1.29, 1.82) is 0 Å². The quantitative estimate of drug-likeness (QED) is 0.527. The first-order valence-electron chi connectivity index (χ1n) is 8.74. The number of aryl methyl sites for hydroxylation is 3. The summed E-state index contributed by atoms with van der Waals surface area (Å²) < 4.78 is 2.72. The lowest BCUT2D eigenvalue weighted by Gasteiger charge is -2.20. The number of thiazole rings is 1. The number of hydrogen-bond acceptors (Lipinski definition) is 4. The topological polar surface area (TPSA) is 51.0 Å². The highest BCUT2D eigenvalue weighted by atomic mass is 32.1. The Labute approximate surface area is 161 Å². The highest BCUT2D eigenvalue weighted by Gasteiger charge is 2.24. The van der Waals surface area contributed by atoms with E-state index in [0.29, 0.717) is 17.4 Å². The second-order valence-electron chi connectivity index (χ2n) is 6.64. The Bertz CT molecular complexity index is 1110. The van der Waals surface area contributed by atoms with Crippen molar-refractivity contribution < 1.29 is 4.79 Å². The van der Waals surface area contributed by atoms with Crippen LogP contribution in [-0.4, -0.2) is 20.7 Å². The average Bonchev–Trinajstić information content (AvgIpc) is 3.26. The highest BCUT2D eigenvalue weighted by molar-refractivity contribution is 7.22. The van der Waals surface area contributed by atoms with Gasteiger partial charge in [0.25, 0.3) is 5.91 Å². The van der Waals surface area contributed by atoms with E-state index in [9.17, 15) is 4.79 Å².